The number of anilines is 1. The molecule has 0 saturated carbocycles. The Bertz CT molecular complexity index is 1520. The molecule has 4 aromatic rings. The van der Waals surface area contributed by atoms with Gasteiger partial charge in [0.05, 0.1) is 41.4 Å². The lowest BCUT2D eigenvalue weighted by Crippen LogP contribution is -2.25. The minimum Gasteiger partial charge on any atom is -0.496 e. The number of hydrogen-bond acceptors (Lipinski definition) is 11. The Balaban J connectivity index is 1.35. The van der Waals surface area contributed by atoms with Crippen LogP contribution in [0.5, 0.6) is 5.75 Å². The van der Waals surface area contributed by atoms with Crippen molar-refractivity contribution in [3.8, 4) is 11.6 Å². The lowest BCUT2D eigenvalue weighted by atomic mass is 10.1. The van der Waals surface area contributed by atoms with E-state index in [0.717, 1.165) is 58.7 Å². The predicted molar refractivity (Wildman–Crippen MR) is 145 cm³/mol. The van der Waals surface area contributed by atoms with Crippen LogP contribution in [0.1, 0.15) is 51.5 Å². The normalized spacial score (nSPS) is 13.9. The molecule has 1 fully saturated rings. The van der Waals surface area contributed by atoms with Crippen LogP contribution in [0.4, 0.5) is 5.82 Å². The van der Waals surface area contributed by atoms with E-state index in [4.69, 9.17) is 15.1 Å². The Morgan fingerprint density at radius 1 is 1.26 bits per heavy atom. The first kappa shape index (κ1) is 26.5. The Hall–Kier alpha value is -4.11. The van der Waals surface area contributed by atoms with Gasteiger partial charge >= 0.3 is 0 Å². The van der Waals surface area contributed by atoms with E-state index in [-0.39, 0.29) is 17.3 Å². The minimum atomic E-state index is -0.511. The number of nitrogen functional groups attached to an aromatic ring is 1. The minimum absolute atomic E-state index is 0.0516. The summed E-state index contributed by atoms with van der Waals surface area (Å²) in [5, 5.41) is 24.3. The van der Waals surface area contributed by atoms with Gasteiger partial charge in [-0.15, -0.1) is 5.10 Å². The lowest BCUT2D eigenvalue weighted by molar-refractivity contribution is 0.0948. The van der Waals surface area contributed by atoms with Crippen molar-refractivity contribution in [3.63, 3.8) is 0 Å². The molecule has 15 heteroatoms. The molecule has 0 atom stereocenters. The van der Waals surface area contributed by atoms with Crippen molar-refractivity contribution in [2.24, 2.45) is 5.10 Å². The van der Waals surface area contributed by atoms with Gasteiger partial charge in [0.25, 0.3) is 5.91 Å². The summed E-state index contributed by atoms with van der Waals surface area (Å²) in [5.41, 5.74) is 12.7. The fourth-order valence-corrected chi connectivity index (χ4v) is 4.78. The van der Waals surface area contributed by atoms with Gasteiger partial charge in [-0.2, -0.15) is 14.9 Å². The second-order valence-electron chi connectivity index (χ2n) is 9.17. The number of carbonyl (C=O) groups is 1. The van der Waals surface area contributed by atoms with Crippen LogP contribution in [-0.4, -0.2) is 72.3 Å². The zero-order chi connectivity index (χ0) is 27.5. The van der Waals surface area contributed by atoms with Crippen LogP contribution in [0.25, 0.3) is 5.82 Å². The molecular formula is C24H28BrN11O3. The third kappa shape index (κ3) is 5.54. The Morgan fingerprint density at radius 2 is 2.05 bits per heavy atom. The summed E-state index contributed by atoms with van der Waals surface area (Å²) in [6, 6.07) is 5.65. The molecule has 3 aromatic heterocycles. The maximum absolute atomic E-state index is 13.1. The van der Waals surface area contributed by atoms with Crippen LogP contribution in [0, 0.1) is 13.8 Å². The number of halogens is 1. The molecule has 3 N–H and O–H groups in total. The molecule has 1 amide bonds. The zero-order valence-electron chi connectivity index (χ0n) is 21.8. The van der Waals surface area contributed by atoms with E-state index in [2.05, 4.69) is 57.1 Å². The molecular weight excluding hydrogens is 570 g/mol. The molecule has 0 bridgehead atoms. The number of carbonyl (C=O) groups excluding carboxylic acids is 1. The van der Waals surface area contributed by atoms with Crippen LogP contribution < -0.4 is 15.9 Å². The van der Waals surface area contributed by atoms with Crippen LogP contribution in [0.3, 0.4) is 0 Å². The van der Waals surface area contributed by atoms with E-state index in [1.54, 1.807) is 13.3 Å². The molecule has 39 heavy (non-hydrogen) atoms. The summed E-state index contributed by atoms with van der Waals surface area (Å²) in [5.74, 6) is 0.447. The highest BCUT2D eigenvalue weighted by atomic mass is 79.9. The quantitative estimate of drug-likeness (QED) is 0.215. The SMILES string of the molecule is COc1ccc(/C=N/NC(=O)c2nnn(-c3nonc3N)c2CN2CCCC2)cc1Cn1nc(C)c(Br)c1C. The monoisotopic (exact) mass is 597 g/mol. The van der Waals surface area contributed by atoms with Crippen molar-refractivity contribution in [3.05, 3.63) is 56.6 Å². The molecule has 0 aliphatic carbocycles. The van der Waals surface area contributed by atoms with Crippen LogP contribution in [0.15, 0.2) is 32.4 Å². The van der Waals surface area contributed by atoms with Crippen molar-refractivity contribution in [2.75, 3.05) is 25.9 Å². The number of methoxy groups -OCH3 is 1. The van der Waals surface area contributed by atoms with E-state index in [1.165, 1.54) is 4.68 Å². The number of benzene rings is 1. The first-order chi connectivity index (χ1) is 18.9. The second kappa shape index (κ2) is 11.3. The molecule has 0 spiro atoms. The molecule has 4 heterocycles. The van der Waals surface area contributed by atoms with Crippen molar-refractivity contribution in [2.45, 2.75) is 39.8 Å². The first-order valence-corrected chi connectivity index (χ1v) is 13.1. The van der Waals surface area contributed by atoms with Gasteiger partial charge < -0.3 is 10.5 Å². The summed E-state index contributed by atoms with van der Waals surface area (Å²) >= 11 is 3.57. The number of nitrogens with one attached hydrogen (secondary N) is 1. The van der Waals surface area contributed by atoms with Crippen LogP contribution in [0.2, 0.25) is 0 Å². The van der Waals surface area contributed by atoms with Gasteiger partial charge in [0.1, 0.15) is 5.75 Å². The summed E-state index contributed by atoms with van der Waals surface area (Å²) in [6.45, 7) is 6.72. The highest BCUT2D eigenvalue weighted by Gasteiger charge is 2.26. The van der Waals surface area contributed by atoms with Gasteiger partial charge in [-0.1, -0.05) is 5.21 Å². The fourth-order valence-electron chi connectivity index (χ4n) is 4.49. The van der Waals surface area contributed by atoms with Crippen molar-refractivity contribution >= 4 is 33.9 Å². The Labute approximate surface area is 232 Å². The number of nitrogens with zero attached hydrogens (tertiary/aromatic N) is 9. The number of hydrogen-bond donors (Lipinski definition) is 2. The van der Waals surface area contributed by atoms with Gasteiger partial charge in [-0.05, 0) is 89.8 Å². The summed E-state index contributed by atoms with van der Waals surface area (Å²) < 4.78 is 14.5. The van der Waals surface area contributed by atoms with Crippen molar-refractivity contribution in [1.82, 2.24) is 45.4 Å². The average molecular weight is 598 g/mol. The maximum atomic E-state index is 13.1. The summed E-state index contributed by atoms with van der Waals surface area (Å²) in [7, 11) is 1.62. The maximum Gasteiger partial charge on any atom is 0.293 e. The molecule has 14 nitrogen and oxygen atoms in total. The number of aryl methyl sites for hydroxylation is 1. The lowest BCUT2D eigenvalue weighted by Gasteiger charge is -2.15. The molecule has 1 aromatic carbocycles. The first-order valence-electron chi connectivity index (χ1n) is 12.3. The fraction of sp³-hybridized carbons (Fsp3) is 0.375. The van der Waals surface area contributed by atoms with Crippen LogP contribution in [-0.2, 0) is 13.1 Å². The molecule has 204 valence electrons. The Kier molecular flexibility index (Phi) is 7.70. The van der Waals surface area contributed by atoms with E-state index < -0.39 is 5.91 Å². The molecule has 1 saturated heterocycles. The summed E-state index contributed by atoms with van der Waals surface area (Å²) in [4.78, 5) is 15.3. The van der Waals surface area contributed by atoms with Gasteiger partial charge in [-0.25, -0.2) is 10.1 Å². The van der Waals surface area contributed by atoms with E-state index in [1.807, 2.05) is 36.7 Å². The highest BCUT2D eigenvalue weighted by Crippen LogP contribution is 2.25. The van der Waals surface area contributed by atoms with E-state index >= 15 is 0 Å². The van der Waals surface area contributed by atoms with E-state index in [9.17, 15) is 4.79 Å². The van der Waals surface area contributed by atoms with Gasteiger partial charge in [0, 0.05) is 12.1 Å². The third-order valence-electron chi connectivity index (χ3n) is 6.54. The summed E-state index contributed by atoms with van der Waals surface area (Å²) in [6.07, 6.45) is 3.73. The third-order valence-corrected chi connectivity index (χ3v) is 7.69. The van der Waals surface area contributed by atoms with E-state index in [0.29, 0.717) is 18.8 Å². The molecule has 0 unspecified atom stereocenters. The second-order valence-corrected chi connectivity index (χ2v) is 9.96. The van der Waals surface area contributed by atoms with Crippen molar-refractivity contribution in [1.29, 1.82) is 0 Å². The van der Waals surface area contributed by atoms with Crippen LogP contribution >= 0.6 is 15.9 Å². The molecule has 5 rings (SSSR count). The average Bonchev–Trinajstić information content (AvgIpc) is 3.72. The number of nitrogens with two attached hydrogens (primary N) is 1. The molecule has 0 radical (unpaired) electrons. The topological polar surface area (TPSA) is 167 Å². The van der Waals surface area contributed by atoms with Crippen molar-refractivity contribution < 1.29 is 14.2 Å². The predicted octanol–water partition coefficient (Wildman–Crippen LogP) is 2.22. The smallest absolute Gasteiger partial charge is 0.293 e. The largest absolute Gasteiger partial charge is 0.496 e. The number of aromatic nitrogens is 7. The number of likely N-dealkylation sites (tertiary alicyclic amines) is 1. The number of ether oxygens (including phenoxy) is 1. The van der Waals surface area contributed by atoms with Gasteiger partial charge in [-0.3, -0.25) is 14.4 Å². The Morgan fingerprint density at radius 3 is 2.72 bits per heavy atom. The number of hydrazone groups is 1. The highest BCUT2D eigenvalue weighted by molar-refractivity contribution is 9.10. The number of rotatable bonds is 9. The zero-order valence-corrected chi connectivity index (χ0v) is 23.3. The van der Waals surface area contributed by atoms with Gasteiger partial charge in [0.15, 0.2) is 5.69 Å². The number of amides is 1. The molecule has 1 aliphatic rings. The standard InChI is InChI=1S/C24H28BrN11O3/c1-14-20(25)15(2)35(30-14)12-17-10-16(6-7-19(17)38-3)11-27-29-24(37)21-18(13-34-8-4-5-9-34)36(33-28-21)23-22(26)31-39-32-23/h6-7,10-11H,4-5,8-9,12-13H2,1-3H3,(H2,26,31)(H,29,37)/b27-11+. The van der Waals surface area contributed by atoms with Gasteiger partial charge in [0.2, 0.25) is 11.6 Å². The molecule has 1 aliphatic heterocycles.